The lowest BCUT2D eigenvalue weighted by atomic mass is 10.0. The number of ether oxygens (including phenoxy) is 2. The zero-order valence-electron chi connectivity index (χ0n) is 34.8. The molecule has 0 saturated carbocycles. The van der Waals surface area contributed by atoms with E-state index in [1.54, 1.807) is 32.5 Å². The number of piperidine rings is 1. The molecule has 0 radical (unpaired) electrons. The Balaban J connectivity index is 1.16. The maximum Gasteiger partial charge on any atom is 0.249 e. The van der Waals surface area contributed by atoms with Crippen LogP contribution in [-0.2, 0) is 13.1 Å². The molecule has 318 valence electrons. The molecule has 3 aromatic heterocycles. The number of hydrogen-bond donors (Lipinski definition) is 3. The van der Waals surface area contributed by atoms with Crippen molar-refractivity contribution in [3.8, 4) is 22.9 Å². The van der Waals surface area contributed by atoms with E-state index in [2.05, 4.69) is 62.1 Å². The average molecular weight is 845 g/mol. The van der Waals surface area contributed by atoms with E-state index >= 15 is 0 Å². The van der Waals surface area contributed by atoms with Gasteiger partial charge in [-0.15, -0.1) is 16.8 Å². The van der Waals surface area contributed by atoms with Gasteiger partial charge < -0.3 is 19.7 Å². The number of halogens is 1. The first-order valence-corrected chi connectivity index (χ1v) is 20.6. The molecule has 2 aliphatic heterocycles. The summed E-state index contributed by atoms with van der Waals surface area (Å²) in [7, 11) is 3.19. The van der Waals surface area contributed by atoms with Crippen LogP contribution >= 0.6 is 0 Å². The Labute approximate surface area is 363 Å². The fourth-order valence-corrected chi connectivity index (χ4v) is 7.51. The Morgan fingerprint density at radius 3 is 2.14 bits per heavy atom. The Morgan fingerprint density at radius 1 is 0.778 bits per heavy atom. The number of nitrogens with zero attached hydrogens (tertiary/aromatic N) is 11. The van der Waals surface area contributed by atoms with Gasteiger partial charge >= 0.3 is 0 Å². The van der Waals surface area contributed by atoms with Crippen LogP contribution in [0.3, 0.4) is 0 Å². The van der Waals surface area contributed by atoms with Crippen molar-refractivity contribution >= 4 is 46.2 Å². The van der Waals surface area contributed by atoms with Gasteiger partial charge in [0.15, 0.2) is 40.3 Å². The fraction of sp³-hybridized carbons (Fsp3) is 0.217. The van der Waals surface area contributed by atoms with Crippen molar-refractivity contribution in [2.45, 2.75) is 32.0 Å². The van der Waals surface area contributed by atoms with Crippen molar-refractivity contribution in [2.75, 3.05) is 54.2 Å². The molecule has 0 bridgehead atoms. The summed E-state index contributed by atoms with van der Waals surface area (Å²) in [5, 5.41) is 16.6. The second-order valence-corrected chi connectivity index (χ2v) is 14.9. The number of nitrogens with one attached hydrogen (secondary N) is 3. The maximum atomic E-state index is 14.0. The molecule has 7 aromatic rings. The van der Waals surface area contributed by atoms with Crippen LogP contribution < -0.4 is 40.6 Å². The predicted molar refractivity (Wildman–Crippen MR) is 242 cm³/mol. The second-order valence-electron chi connectivity index (χ2n) is 14.9. The predicted octanol–water partition coefficient (Wildman–Crippen LogP) is 6.81. The van der Waals surface area contributed by atoms with Crippen LogP contribution in [0.25, 0.3) is 22.6 Å². The third-order valence-corrected chi connectivity index (χ3v) is 10.8. The number of fused-ring (bicyclic) bond motifs is 2. The average Bonchev–Trinajstić information content (AvgIpc) is 3.34. The van der Waals surface area contributed by atoms with Gasteiger partial charge in [-0.2, -0.15) is 15.0 Å². The van der Waals surface area contributed by atoms with Crippen LogP contribution in [0, 0.1) is 5.82 Å². The van der Waals surface area contributed by atoms with Crippen molar-refractivity contribution in [1.29, 1.82) is 0 Å². The summed E-state index contributed by atoms with van der Waals surface area (Å²) in [6.07, 6.45) is 5.33. The number of amidine groups is 1. The number of aliphatic imine (C=N–C) groups is 1. The van der Waals surface area contributed by atoms with E-state index < -0.39 is 0 Å². The summed E-state index contributed by atoms with van der Waals surface area (Å²) in [6.45, 7) is 6.72. The van der Waals surface area contributed by atoms with E-state index in [0.717, 1.165) is 36.1 Å². The van der Waals surface area contributed by atoms with E-state index in [4.69, 9.17) is 39.4 Å². The van der Waals surface area contributed by atoms with E-state index in [-0.39, 0.29) is 5.82 Å². The highest BCUT2D eigenvalue weighted by atomic mass is 19.1. The van der Waals surface area contributed by atoms with E-state index in [1.165, 1.54) is 12.1 Å². The molecular formula is C46H45FN14O2. The Morgan fingerprint density at radius 2 is 1.46 bits per heavy atom. The lowest BCUT2D eigenvalue weighted by Crippen LogP contribution is -2.45. The highest BCUT2D eigenvalue weighted by Gasteiger charge is 2.30. The van der Waals surface area contributed by atoms with E-state index in [0.29, 0.717) is 101 Å². The van der Waals surface area contributed by atoms with Crippen molar-refractivity contribution in [2.24, 2.45) is 4.99 Å². The molecule has 5 heterocycles. The molecule has 0 atom stereocenters. The molecule has 1 saturated heterocycles. The van der Waals surface area contributed by atoms with Gasteiger partial charge in [0.2, 0.25) is 17.5 Å². The normalized spacial score (nSPS) is 13.6. The Kier molecular flexibility index (Phi) is 11.9. The molecule has 4 aromatic carbocycles. The van der Waals surface area contributed by atoms with Crippen LogP contribution in [0.2, 0.25) is 0 Å². The number of hydrazine groups is 2. The van der Waals surface area contributed by atoms with Gasteiger partial charge in [-0.1, -0.05) is 66.7 Å². The third kappa shape index (κ3) is 8.99. The molecule has 3 N–H and O–H groups in total. The number of methoxy groups -OCH3 is 2. The van der Waals surface area contributed by atoms with Crippen LogP contribution in [0.15, 0.2) is 127 Å². The van der Waals surface area contributed by atoms with Crippen LogP contribution in [0.4, 0.5) is 33.6 Å². The first-order valence-electron chi connectivity index (χ1n) is 20.6. The van der Waals surface area contributed by atoms with E-state index in [1.807, 2.05) is 70.7 Å². The molecule has 0 unspecified atom stereocenters. The minimum absolute atomic E-state index is 0.305. The SMILES string of the molecule is C=CCNC1CCN(c2nc(N(Cc3ccccc3)N(Cc3ccccc3)c3ncc4c(n3)NNC(c3ccc(OC)c(OC)c3)=N4)nc3nnc(-c4ccc(F)cc4)nc23)CC1. The summed E-state index contributed by atoms with van der Waals surface area (Å²) in [6, 6.07) is 32.1. The molecule has 63 heavy (non-hydrogen) atoms. The minimum atomic E-state index is -0.352. The molecule has 0 amide bonds. The summed E-state index contributed by atoms with van der Waals surface area (Å²) < 4.78 is 24.9. The third-order valence-electron chi connectivity index (χ3n) is 10.8. The fourth-order valence-electron chi connectivity index (χ4n) is 7.51. The topological polar surface area (TPSA) is 167 Å². The molecule has 9 rings (SSSR count). The zero-order valence-corrected chi connectivity index (χ0v) is 34.8. The van der Waals surface area contributed by atoms with Gasteiger partial charge in [0.25, 0.3) is 0 Å². The van der Waals surface area contributed by atoms with Gasteiger partial charge in [0.1, 0.15) is 11.5 Å². The van der Waals surface area contributed by atoms with Crippen LogP contribution in [0.1, 0.15) is 29.5 Å². The molecule has 0 aliphatic carbocycles. The molecule has 1 fully saturated rings. The standard InChI is InChI=1S/C46H45FN14O2/c1-4-23-48-35-21-24-59(25-22-35)44-39-43(58-55-40(51-39)32-15-18-34(47)19-16-32)53-46(54-44)61(29-31-13-9-6-10-14-31)60(28-30-11-7-5-8-12-30)45-49-27-36-42(52-45)57-56-41(50-36)33-17-20-37(62-2)38(26-33)63-3/h4-20,26-27,35,48H,1,21-25,28-29H2,2-3H3,(H,50,56)(H,49,52,57). The van der Waals surface area contributed by atoms with Crippen LogP contribution in [-0.4, -0.2) is 80.8 Å². The van der Waals surface area contributed by atoms with Gasteiger partial charge in [-0.3, -0.25) is 10.9 Å². The minimum Gasteiger partial charge on any atom is -0.493 e. The van der Waals surface area contributed by atoms with Crippen molar-refractivity contribution < 1.29 is 13.9 Å². The second kappa shape index (κ2) is 18.4. The molecule has 16 nitrogen and oxygen atoms in total. The smallest absolute Gasteiger partial charge is 0.249 e. The maximum absolute atomic E-state index is 14.0. The van der Waals surface area contributed by atoms with Gasteiger partial charge in [-0.05, 0) is 66.4 Å². The van der Waals surface area contributed by atoms with Crippen LogP contribution in [0.5, 0.6) is 11.5 Å². The quantitative estimate of drug-likeness (QED) is 0.0727. The zero-order chi connectivity index (χ0) is 43.1. The summed E-state index contributed by atoms with van der Waals surface area (Å²) in [5.74, 6) is 3.52. The number of hydrogen-bond acceptors (Lipinski definition) is 16. The lowest BCUT2D eigenvalue weighted by Gasteiger charge is -2.37. The first-order chi connectivity index (χ1) is 31.0. The molecule has 0 spiro atoms. The summed E-state index contributed by atoms with van der Waals surface area (Å²) in [5.41, 5.74) is 11.1. The first kappa shape index (κ1) is 40.6. The lowest BCUT2D eigenvalue weighted by molar-refractivity contribution is 0.355. The number of anilines is 4. The largest absolute Gasteiger partial charge is 0.493 e. The van der Waals surface area contributed by atoms with Gasteiger partial charge in [-0.25, -0.2) is 29.4 Å². The Hall–Kier alpha value is -7.79. The molecule has 17 heteroatoms. The number of rotatable bonds is 15. The van der Waals surface area contributed by atoms with Crippen molar-refractivity contribution in [1.82, 2.24) is 45.9 Å². The summed E-state index contributed by atoms with van der Waals surface area (Å²) in [4.78, 5) is 32.5. The van der Waals surface area contributed by atoms with E-state index in [9.17, 15) is 4.39 Å². The molecule has 2 aliphatic rings. The number of benzene rings is 4. The highest BCUT2D eigenvalue weighted by molar-refractivity contribution is 6.03. The van der Waals surface area contributed by atoms with Crippen molar-refractivity contribution in [3.05, 3.63) is 144 Å². The van der Waals surface area contributed by atoms with Gasteiger partial charge in [0.05, 0.1) is 33.5 Å². The molecular weight excluding hydrogens is 800 g/mol. The van der Waals surface area contributed by atoms with Gasteiger partial charge in [0, 0.05) is 36.8 Å². The van der Waals surface area contributed by atoms with Crippen molar-refractivity contribution in [3.63, 3.8) is 0 Å². The number of aromatic nitrogens is 7. The monoisotopic (exact) mass is 844 g/mol. The highest BCUT2D eigenvalue weighted by Crippen LogP contribution is 2.34. The Bertz CT molecular complexity index is 2740. The summed E-state index contributed by atoms with van der Waals surface area (Å²) >= 11 is 0.